The number of carbonyl (C=O) groups is 4. The van der Waals surface area contributed by atoms with E-state index in [1.54, 1.807) is 36.4 Å². The summed E-state index contributed by atoms with van der Waals surface area (Å²) in [6.07, 6.45) is 5.35. The highest BCUT2D eigenvalue weighted by Gasteiger charge is 2.67. The summed E-state index contributed by atoms with van der Waals surface area (Å²) >= 11 is 5.83. The van der Waals surface area contributed by atoms with Crippen LogP contribution in [0.25, 0.3) is 0 Å². The van der Waals surface area contributed by atoms with Crippen molar-refractivity contribution in [3.63, 3.8) is 0 Å². The Labute approximate surface area is 195 Å². The third-order valence-electron chi connectivity index (χ3n) is 7.50. The molecule has 7 heteroatoms. The third-order valence-corrected chi connectivity index (χ3v) is 7.76. The molecule has 0 aromatic heterocycles. The number of Topliss-reactive ketones (excluding diaryl/α,β-unsaturated/α-hetero) is 1. The van der Waals surface area contributed by atoms with Crippen LogP contribution in [-0.2, 0) is 14.3 Å². The largest absolute Gasteiger partial charge is 0.454 e. The summed E-state index contributed by atoms with van der Waals surface area (Å²) < 4.78 is 5.18. The predicted molar refractivity (Wildman–Crippen MR) is 120 cm³/mol. The number of hydrogen-bond donors (Lipinski definition) is 0. The van der Waals surface area contributed by atoms with E-state index in [4.69, 9.17) is 16.3 Å². The van der Waals surface area contributed by atoms with Crippen LogP contribution in [0.2, 0.25) is 5.02 Å². The number of carbonyl (C=O) groups excluding carboxylic acids is 4. The number of imide groups is 1. The average molecular weight is 462 g/mol. The van der Waals surface area contributed by atoms with Crippen LogP contribution >= 0.6 is 11.6 Å². The molecule has 2 bridgehead atoms. The van der Waals surface area contributed by atoms with Crippen molar-refractivity contribution >= 4 is 40.9 Å². The van der Waals surface area contributed by atoms with Crippen LogP contribution in [0.3, 0.4) is 0 Å². The molecule has 4 aliphatic carbocycles. The number of esters is 1. The third kappa shape index (κ3) is 3.16. The fraction of sp³-hybridized carbons (Fsp3) is 0.308. The fourth-order valence-corrected chi connectivity index (χ4v) is 6.04. The van der Waals surface area contributed by atoms with Crippen LogP contribution in [0.15, 0.2) is 60.7 Å². The molecule has 166 valence electrons. The summed E-state index contributed by atoms with van der Waals surface area (Å²) in [6.45, 7) is -0.422. The average Bonchev–Trinajstić information content (AvgIpc) is 3.61. The number of rotatable bonds is 5. The van der Waals surface area contributed by atoms with Crippen LogP contribution in [-0.4, -0.2) is 30.2 Å². The highest BCUT2D eigenvalue weighted by atomic mass is 35.5. The van der Waals surface area contributed by atoms with E-state index >= 15 is 0 Å². The number of ketones is 1. The minimum Gasteiger partial charge on any atom is -0.454 e. The summed E-state index contributed by atoms with van der Waals surface area (Å²) in [5.74, 6) is -0.693. The van der Waals surface area contributed by atoms with Crippen molar-refractivity contribution in [2.75, 3.05) is 11.5 Å². The zero-order chi connectivity index (χ0) is 22.9. The van der Waals surface area contributed by atoms with Gasteiger partial charge in [-0.25, -0.2) is 9.69 Å². The van der Waals surface area contributed by atoms with Crippen LogP contribution in [0.1, 0.15) is 27.1 Å². The topological polar surface area (TPSA) is 80.8 Å². The van der Waals surface area contributed by atoms with Gasteiger partial charge in [-0.3, -0.25) is 14.4 Å². The lowest BCUT2D eigenvalue weighted by molar-refractivity contribution is -0.124. The first-order valence-electron chi connectivity index (χ1n) is 11.1. The fourth-order valence-electron chi connectivity index (χ4n) is 5.92. The minimum atomic E-state index is -0.696. The van der Waals surface area contributed by atoms with Gasteiger partial charge in [-0.2, -0.15) is 0 Å². The highest BCUT2D eigenvalue weighted by Crippen LogP contribution is 2.65. The maximum atomic E-state index is 13.3. The molecular weight excluding hydrogens is 442 g/mol. The molecule has 2 saturated carbocycles. The lowest BCUT2D eigenvalue weighted by atomic mass is 9.63. The molecule has 1 heterocycles. The molecule has 1 saturated heterocycles. The molecule has 0 unspecified atom stereocenters. The molecule has 0 radical (unpaired) electrons. The number of allylic oxidation sites excluding steroid dienone is 2. The van der Waals surface area contributed by atoms with Gasteiger partial charge in [0.1, 0.15) is 0 Å². The van der Waals surface area contributed by atoms with Gasteiger partial charge in [-0.1, -0.05) is 29.8 Å². The lowest BCUT2D eigenvalue weighted by Crippen LogP contribution is -2.40. The lowest BCUT2D eigenvalue weighted by Gasteiger charge is -2.37. The van der Waals surface area contributed by atoms with Gasteiger partial charge in [0, 0.05) is 10.6 Å². The summed E-state index contributed by atoms with van der Waals surface area (Å²) in [6, 6.07) is 12.6. The maximum Gasteiger partial charge on any atom is 0.338 e. The van der Waals surface area contributed by atoms with E-state index in [0.29, 0.717) is 28.1 Å². The SMILES string of the molecule is O=C(COC(=O)c1cccc(N2C(=O)[C@@H]3[C@@H]4C=C[C@@H]([C@@H]5C[C@H]45)[C@@H]3C2=O)c1)c1ccc(Cl)cc1. The second-order valence-corrected chi connectivity index (χ2v) is 9.66. The van der Waals surface area contributed by atoms with Crippen LogP contribution in [0.5, 0.6) is 0 Å². The van der Waals surface area contributed by atoms with Crippen molar-refractivity contribution in [1.82, 2.24) is 0 Å². The molecule has 0 N–H and O–H groups in total. The van der Waals surface area contributed by atoms with E-state index in [1.807, 2.05) is 0 Å². The quantitative estimate of drug-likeness (QED) is 0.291. The van der Waals surface area contributed by atoms with E-state index in [9.17, 15) is 19.2 Å². The predicted octanol–water partition coefficient (Wildman–Crippen LogP) is 3.94. The smallest absolute Gasteiger partial charge is 0.338 e. The van der Waals surface area contributed by atoms with Gasteiger partial charge in [0.05, 0.1) is 23.1 Å². The van der Waals surface area contributed by atoms with Crippen LogP contribution in [0.4, 0.5) is 5.69 Å². The maximum absolute atomic E-state index is 13.3. The number of ether oxygens (including phenoxy) is 1. The van der Waals surface area contributed by atoms with Crippen molar-refractivity contribution in [2.24, 2.45) is 35.5 Å². The monoisotopic (exact) mass is 461 g/mol. The van der Waals surface area contributed by atoms with Gasteiger partial charge in [0.2, 0.25) is 11.8 Å². The Bertz CT molecular complexity index is 1200. The summed E-state index contributed by atoms with van der Waals surface area (Å²) in [7, 11) is 0. The Morgan fingerprint density at radius 2 is 1.55 bits per heavy atom. The van der Waals surface area contributed by atoms with Gasteiger partial charge >= 0.3 is 5.97 Å². The summed E-state index contributed by atoms with van der Waals surface area (Å²) in [5, 5.41) is 0.507. The normalized spacial score (nSPS) is 30.8. The van der Waals surface area contributed by atoms with Gasteiger partial charge in [0.25, 0.3) is 0 Å². The summed E-state index contributed by atoms with van der Waals surface area (Å²) in [5.41, 5.74) is 0.930. The molecule has 2 amide bonds. The Morgan fingerprint density at radius 3 is 2.18 bits per heavy atom. The van der Waals surface area contributed by atoms with E-state index in [-0.39, 0.29) is 46.8 Å². The number of anilines is 1. The van der Waals surface area contributed by atoms with Gasteiger partial charge in [-0.15, -0.1) is 0 Å². The number of amides is 2. The first-order chi connectivity index (χ1) is 15.9. The van der Waals surface area contributed by atoms with E-state index in [0.717, 1.165) is 6.42 Å². The van der Waals surface area contributed by atoms with Crippen molar-refractivity contribution in [2.45, 2.75) is 6.42 Å². The molecule has 2 aromatic rings. The highest BCUT2D eigenvalue weighted by molar-refractivity contribution is 6.30. The molecule has 6 atom stereocenters. The van der Waals surface area contributed by atoms with E-state index in [2.05, 4.69) is 12.2 Å². The Kier molecular flexibility index (Phi) is 4.56. The molecular formula is C26H20ClNO5. The van der Waals surface area contributed by atoms with Crippen molar-refractivity contribution in [3.8, 4) is 0 Å². The van der Waals surface area contributed by atoms with E-state index in [1.165, 1.54) is 17.0 Å². The Hall–Kier alpha value is -3.25. The standard InChI is InChI=1S/C26H20ClNO5/c27-15-6-4-13(5-7-15)21(29)12-33-26(32)14-2-1-3-16(10-14)28-24(30)22-17-8-9-18(20-11-19(17)20)23(22)25(28)31/h1-10,17-20,22-23H,11-12H2/t17-,18+,19-,20+,22-,23+. The molecule has 2 aromatic carbocycles. The minimum absolute atomic E-state index is 0.137. The molecule has 3 fully saturated rings. The second-order valence-electron chi connectivity index (χ2n) is 9.22. The molecule has 5 aliphatic rings. The first kappa shape index (κ1) is 20.4. The van der Waals surface area contributed by atoms with Crippen LogP contribution in [0, 0.1) is 35.5 Å². The Balaban J connectivity index is 1.18. The summed E-state index contributed by atoms with van der Waals surface area (Å²) in [4.78, 5) is 52.7. The zero-order valence-corrected chi connectivity index (χ0v) is 18.3. The van der Waals surface area contributed by atoms with Crippen molar-refractivity contribution < 1.29 is 23.9 Å². The van der Waals surface area contributed by atoms with E-state index < -0.39 is 12.6 Å². The zero-order valence-electron chi connectivity index (χ0n) is 17.5. The van der Waals surface area contributed by atoms with Gasteiger partial charge in [0.15, 0.2) is 12.4 Å². The molecule has 1 aliphatic heterocycles. The molecule has 7 rings (SSSR count). The molecule has 6 nitrogen and oxygen atoms in total. The molecule has 33 heavy (non-hydrogen) atoms. The first-order valence-corrected chi connectivity index (χ1v) is 11.4. The Morgan fingerprint density at radius 1 is 0.909 bits per heavy atom. The number of hydrogen-bond acceptors (Lipinski definition) is 5. The van der Waals surface area contributed by atoms with Gasteiger partial charge in [-0.05, 0) is 72.6 Å². The van der Waals surface area contributed by atoms with Crippen molar-refractivity contribution in [3.05, 3.63) is 76.8 Å². The van der Waals surface area contributed by atoms with Gasteiger partial charge < -0.3 is 4.74 Å². The number of halogens is 1. The number of benzene rings is 2. The number of nitrogens with zero attached hydrogens (tertiary/aromatic N) is 1. The second kappa shape index (κ2) is 7.39. The molecule has 0 spiro atoms. The van der Waals surface area contributed by atoms with Crippen molar-refractivity contribution in [1.29, 1.82) is 0 Å². The van der Waals surface area contributed by atoms with Crippen LogP contribution < -0.4 is 4.90 Å².